The van der Waals surface area contributed by atoms with E-state index in [0.29, 0.717) is 17.1 Å². The van der Waals surface area contributed by atoms with Crippen LogP contribution in [-0.4, -0.2) is 64.2 Å². The molecule has 1 aliphatic heterocycles. The summed E-state index contributed by atoms with van der Waals surface area (Å²) in [5, 5.41) is 14.4. The fourth-order valence-electron chi connectivity index (χ4n) is 4.52. The second-order valence-electron chi connectivity index (χ2n) is 9.28. The quantitative estimate of drug-likeness (QED) is 0.330. The lowest BCUT2D eigenvalue weighted by Crippen LogP contribution is -2.59. The highest BCUT2D eigenvalue weighted by atomic mass is 35.5. The van der Waals surface area contributed by atoms with Gasteiger partial charge >= 0.3 is 0 Å². The second-order valence-corrected chi connectivity index (χ2v) is 10.1. The van der Waals surface area contributed by atoms with Gasteiger partial charge in [-0.05, 0) is 42.8 Å². The summed E-state index contributed by atoms with van der Waals surface area (Å²) in [6, 6.07) is 18.0. The van der Waals surface area contributed by atoms with Crippen LogP contribution in [0.5, 0.6) is 0 Å². The minimum atomic E-state index is -0.879. The molecule has 1 N–H and O–H groups in total. The molecule has 11 heteroatoms. The monoisotopic (exact) mass is 568 g/mol. The van der Waals surface area contributed by atoms with E-state index < -0.39 is 16.9 Å². The van der Waals surface area contributed by atoms with Crippen molar-refractivity contribution in [3.63, 3.8) is 0 Å². The van der Waals surface area contributed by atoms with Crippen LogP contribution >= 0.6 is 23.2 Å². The Morgan fingerprint density at radius 3 is 2.33 bits per heavy atom. The Hall–Kier alpha value is -3.95. The van der Waals surface area contributed by atoms with Gasteiger partial charge in [0.25, 0.3) is 17.5 Å². The van der Waals surface area contributed by atoms with Crippen molar-refractivity contribution in [2.24, 2.45) is 0 Å². The van der Waals surface area contributed by atoms with Gasteiger partial charge in [0.15, 0.2) is 0 Å². The second kappa shape index (κ2) is 12.3. The lowest BCUT2D eigenvalue weighted by Gasteiger charge is -2.41. The van der Waals surface area contributed by atoms with Gasteiger partial charge in [-0.1, -0.05) is 53.5 Å². The van der Waals surface area contributed by atoms with E-state index in [9.17, 15) is 24.5 Å². The first-order valence-electron chi connectivity index (χ1n) is 12.3. The molecule has 0 bridgehead atoms. The van der Waals surface area contributed by atoms with Gasteiger partial charge in [0.1, 0.15) is 6.04 Å². The van der Waals surface area contributed by atoms with Crippen LogP contribution in [0.2, 0.25) is 10.0 Å². The fraction of sp³-hybridized carbons (Fsp3) is 0.250. The Bertz CT molecular complexity index is 1380. The summed E-state index contributed by atoms with van der Waals surface area (Å²) in [6.45, 7) is 2.69. The number of benzene rings is 3. The van der Waals surface area contributed by atoms with Crippen molar-refractivity contribution < 1.29 is 19.3 Å². The van der Waals surface area contributed by atoms with Crippen LogP contribution in [0.15, 0.2) is 72.8 Å². The molecule has 0 spiro atoms. The topological polar surface area (TPSA) is 113 Å². The SMILES string of the molecule is C[C@H]1CN(C(=O)[C@H](Cc2ccccc2)NC(=O)c2ccc([N+](=O)[O-])cc2)CCN1C(=O)c1ccc(Cl)cc1Cl. The molecule has 1 heterocycles. The maximum Gasteiger partial charge on any atom is 0.269 e. The van der Waals surface area contributed by atoms with E-state index in [1.165, 1.54) is 30.3 Å². The number of carbonyl (C=O) groups excluding carboxylic acids is 3. The zero-order valence-corrected chi connectivity index (χ0v) is 22.6. The summed E-state index contributed by atoms with van der Waals surface area (Å²) < 4.78 is 0. The lowest BCUT2D eigenvalue weighted by atomic mass is 10.0. The number of rotatable bonds is 7. The van der Waals surface area contributed by atoms with E-state index in [4.69, 9.17) is 23.2 Å². The van der Waals surface area contributed by atoms with Crippen LogP contribution in [-0.2, 0) is 11.2 Å². The molecule has 1 saturated heterocycles. The molecule has 0 saturated carbocycles. The standard InChI is InChI=1S/C28H26Cl2N4O5/c1-18-17-32(13-14-33(18)27(36)23-12-9-21(29)16-24(23)30)28(37)25(15-19-5-3-2-4-6-19)31-26(35)20-7-10-22(11-8-20)34(38)39/h2-12,16,18,25H,13-15,17H2,1H3,(H,31,35)/t18-,25-/m0/s1. The summed E-state index contributed by atoms with van der Waals surface area (Å²) in [5.41, 5.74) is 1.27. The summed E-state index contributed by atoms with van der Waals surface area (Å²) in [5.74, 6) is -1.04. The van der Waals surface area contributed by atoms with Crippen molar-refractivity contribution in [1.29, 1.82) is 0 Å². The van der Waals surface area contributed by atoms with Crippen LogP contribution in [0.3, 0.4) is 0 Å². The number of nitrogens with one attached hydrogen (secondary N) is 1. The van der Waals surface area contributed by atoms with Crippen molar-refractivity contribution >= 4 is 46.6 Å². The third-order valence-corrected chi connectivity index (χ3v) is 7.14. The average molecular weight is 569 g/mol. The number of hydrogen-bond acceptors (Lipinski definition) is 5. The van der Waals surface area contributed by atoms with E-state index in [1.54, 1.807) is 21.9 Å². The summed E-state index contributed by atoms with van der Waals surface area (Å²) in [6.07, 6.45) is 0.256. The molecule has 3 aromatic rings. The van der Waals surface area contributed by atoms with E-state index in [0.717, 1.165) is 5.56 Å². The Morgan fingerprint density at radius 2 is 1.72 bits per heavy atom. The normalized spacial score (nSPS) is 15.9. The summed E-state index contributed by atoms with van der Waals surface area (Å²) in [4.78, 5) is 53.6. The highest BCUT2D eigenvalue weighted by Gasteiger charge is 2.34. The Labute approximate surface area is 235 Å². The predicted octanol–water partition coefficient (Wildman–Crippen LogP) is 4.62. The number of halogens is 2. The first-order chi connectivity index (χ1) is 18.6. The number of amides is 3. The van der Waals surface area contributed by atoms with E-state index in [1.807, 2.05) is 37.3 Å². The number of nitrogens with zero attached hydrogens (tertiary/aromatic N) is 3. The molecule has 2 atom stereocenters. The molecule has 3 aromatic carbocycles. The Balaban J connectivity index is 1.49. The molecule has 9 nitrogen and oxygen atoms in total. The lowest BCUT2D eigenvalue weighted by molar-refractivity contribution is -0.384. The minimum absolute atomic E-state index is 0.134. The minimum Gasteiger partial charge on any atom is -0.340 e. The van der Waals surface area contributed by atoms with Gasteiger partial charge in [0, 0.05) is 54.8 Å². The Kier molecular flexibility index (Phi) is 8.83. The molecule has 0 radical (unpaired) electrons. The van der Waals surface area contributed by atoms with Gasteiger partial charge in [-0.2, -0.15) is 0 Å². The number of nitro groups is 1. The third-order valence-electron chi connectivity index (χ3n) is 6.59. The largest absolute Gasteiger partial charge is 0.340 e. The number of nitro benzene ring substituents is 1. The Morgan fingerprint density at radius 1 is 1.03 bits per heavy atom. The van der Waals surface area contributed by atoms with Crippen LogP contribution in [0.1, 0.15) is 33.2 Å². The van der Waals surface area contributed by atoms with Crippen LogP contribution < -0.4 is 5.32 Å². The molecule has 39 heavy (non-hydrogen) atoms. The van der Waals surface area contributed by atoms with Crippen molar-refractivity contribution in [3.05, 3.63) is 110 Å². The maximum absolute atomic E-state index is 13.7. The first kappa shape index (κ1) is 28.1. The molecule has 0 aliphatic carbocycles. The summed E-state index contributed by atoms with van der Waals surface area (Å²) in [7, 11) is 0. The van der Waals surface area contributed by atoms with Crippen LogP contribution in [0.25, 0.3) is 0 Å². The van der Waals surface area contributed by atoms with Gasteiger partial charge in [-0.15, -0.1) is 0 Å². The van der Waals surface area contributed by atoms with Crippen molar-refractivity contribution in [2.75, 3.05) is 19.6 Å². The molecule has 202 valence electrons. The van der Waals surface area contributed by atoms with Crippen LogP contribution in [0, 0.1) is 10.1 Å². The zero-order valence-electron chi connectivity index (χ0n) is 21.1. The van der Waals surface area contributed by atoms with Crippen LogP contribution in [0.4, 0.5) is 5.69 Å². The van der Waals surface area contributed by atoms with Gasteiger partial charge in [0.05, 0.1) is 15.5 Å². The van der Waals surface area contributed by atoms with E-state index >= 15 is 0 Å². The van der Waals surface area contributed by atoms with Gasteiger partial charge in [-0.3, -0.25) is 24.5 Å². The van der Waals surface area contributed by atoms with Gasteiger partial charge < -0.3 is 15.1 Å². The fourth-order valence-corrected chi connectivity index (χ4v) is 5.01. The molecule has 3 amide bonds. The number of non-ortho nitro benzene ring substituents is 1. The van der Waals surface area contributed by atoms with Crippen molar-refractivity contribution in [1.82, 2.24) is 15.1 Å². The van der Waals surface area contributed by atoms with Crippen molar-refractivity contribution in [3.8, 4) is 0 Å². The zero-order chi connectivity index (χ0) is 28.1. The van der Waals surface area contributed by atoms with Gasteiger partial charge in [0.2, 0.25) is 5.91 Å². The third kappa shape index (κ3) is 6.74. The van der Waals surface area contributed by atoms with Crippen molar-refractivity contribution in [2.45, 2.75) is 25.4 Å². The first-order valence-corrected chi connectivity index (χ1v) is 13.0. The smallest absolute Gasteiger partial charge is 0.269 e. The number of piperazine rings is 1. The molecule has 4 rings (SSSR count). The number of carbonyl (C=O) groups is 3. The van der Waals surface area contributed by atoms with E-state index in [2.05, 4.69) is 5.32 Å². The maximum atomic E-state index is 13.7. The van der Waals surface area contributed by atoms with Gasteiger partial charge in [-0.25, -0.2) is 0 Å². The molecule has 0 unspecified atom stereocenters. The molecular formula is C28H26Cl2N4O5. The molecule has 1 aliphatic rings. The molecule has 1 fully saturated rings. The molecule has 0 aromatic heterocycles. The predicted molar refractivity (Wildman–Crippen MR) is 148 cm³/mol. The number of hydrogen-bond donors (Lipinski definition) is 1. The average Bonchev–Trinajstić information content (AvgIpc) is 2.92. The summed E-state index contributed by atoms with van der Waals surface area (Å²) >= 11 is 12.2. The highest BCUT2D eigenvalue weighted by molar-refractivity contribution is 6.36. The highest BCUT2D eigenvalue weighted by Crippen LogP contribution is 2.24. The van der Waals surface area contributed by atoms with E-state index in [-0.39, 0.29) is 53.6 Å². The molecular weight excluding hydrogens is 543 g/mol.